The van der Waals surface area contributed by atoms with Crippen molar-refractivity contribution < 1.29 is 48.3 Å². The highest BCUT2D eigenvalue weighted by atomic mass is 16.4. The highest BCUT2D eigenvalue weighted by molar-refractivity contribution is 5.97. The Morgan fingerprint density at radius 2 is 1.31 bits per heavy atom. The number of nitrogens with zero attached hydrogens (tertiary/aromatic N) is 1. The Morgan fingerprint density at radius 1 is 0.745 bits per heavy atom. The van der Waals surface area contributed by atoms with Gasteiger partial charge in [0.1, 0.15) is 36.8 Å². The van der Waals surface area contributed by atoms with Gasteiger partial charge >= 0.3 is 5.97 Å². The average molecular weight is 726 g/mol. The van der Waals surface area contributed by atoms with Crippen LogP contribution in [0.25, 0.3) is 0 Å². The summed E-state index contributed by atoms with van der Waals surface area (Å²) in [6.07, 6.45) is 0.369. The van der Waals surface area contributed by atoms with Crippen molar-refractivity contribution >= 4 is 53.2 Å². The van der Waals surface area contributed by atoms with Crippen LogP contribution in [0, 0.1) is 17.8 Å². The maximum atomic E-state index is 13.7. The molecule has 288 valence electrons. The number of hydrogen-bond acceptors (Lipinski definition) is 10. The Balaban J connectivity index is 3.18. The molecule has 51 heavy (non-hydrogen) atoms. The molecule has 0 unspecified atom stereocenters. The number of carbonyl (C=O) groups excluding carboxylic acids is 8. The van der Waals surface area contributed by atoms with E-state index in [-0.39, 0.29) is 44.7 Å². The molecule has 0 radical (unpaired) electrons. The zero-order chi connectivity index (χ0) is 39.0. The van der Waals surface area contributed by atoms with Gasteiger partial charge in [-0.05, 0) is 43.4 Å². The minimum Gasteiger partial charge on any atom is -0.480 e. The van der Waals surface area contributed by atoms with Gasteiger partial charge in [0.05, 0.1) is 13.1 Å². The number of carboxylic acids is 1. The van der Waals surface area contributed by atoms with Gasteiger partial charge in [-0.25, -0.2) is 0 Å². The standard InChI is InChI=1S/C32H55N9O10/c1-16(2)12-20(38-30(49)26(17(3)4)39-24(44)14-35-23(43)13-33)28(47)40-27(18(5)6)31(50)37-19(9-10-22(34)42)32(51)41-11-7-8-21(41)29(48)36-15-25(45)46/h16-21,26-27H,7-15,33H2,1-6H3,(H2,34,42)(H,35,43)(H,36,48)(H,37,50)(H,38,49)(H,39,44)(H,40,47)(H,45,46)/t19-,20+,21+,26+,27+/m0/s1. The van der Waals surface area contributed by atoms with Gasteiger partial charge in [-0.3, -0.25) is 43.2 Å². The summed E-state index contributed by atoms with van der Waals surface area (Å²) in [6.45, 7) is 9.09. The van der Waals surface area contributed by atoms with Crippen LogP contribution in [0.15, 0.2) is 0 Å². The zero-order valence-electron chi connectivity index (χ0n) is 30.2. The third-order valence-corrected chi connectivity index (χ3v) is 8.03. The molecule has 0 aliphatic carbocycles. The average Bonchev–Trinajstić information content (AvgIpc) is 3.54. The molecule has 0 aromatic heterocycles. The van der Waals surface area contributed by atoms with Crippen LogP contribution in [0.4, 0.5) is 0 Å². The lowest BCUT2D eigenvalue weighted by Gasteiger charge is -2.31. The van der Waals surface area contributed by atoms with E-state index in [4.69, 9.17) is 16.6 Å². The van der Waals surface area contributed by atoms with Crippen molar-refractivity contribution in [3.05, 3.63) is 0 Å². The molecule has 1 saturated heterocycles. The summed E-state index contributed by atoms with van der Waals surface area (Å²) in [5.41, 5.74) is 10.6. The first kappa shape index (κ1) is 44.2. The molecule has 1 rings (SSSR count). The molecule has 0 aromatic carbocycles. The van der Waals surface area contributed by atoms with Crippen molar-refractivity contribution in [3.8, 4) is 0 Å². The molecule has 5 atom stereocenters. The van der Waals surface area contributed by atoms with Gasteiger partial charge in [-0.1, -0.05) is 41.5 Å². The highest BCUT2D eigenvalue weighted by Gasteiger charge is 2.39. The maximum absolute atomic E-state index is 13.7. The van der Waals surface area contributed by atoms with Gasteiger partial charge in [0.25, 0.3) is 0 Å². The van der Waals surface area contributed by atoms with E-state index < -0.39 is 108 Å². The third-order valence-electron chi connectivity index (χ3n) is 8.03. The molecular formula is C32H55N9O10. The van der Waals surface area contributed by atoms with E-state index in [1.807, 2.05) is 13.8 Å². The van der Waals surface area contributed by atoms with Crippen LogP contribution in [0.2, 0.25) is 0 Å². The number of nitrogens with two attached hydrogens (primary N) is 2. The van der Waals surface area contributed by atoms with Gasteiger partial charge in [0.2, 0.25) is 47.3 Å². The van der Waals surface area contributed by atoms with Crippen LogP contribution in [0.3, 0.4) is 0 Å². The van der Waals surface area contributed by atoms with E-state index >= 15 is 0 Å². The first-order valence-corrected chi connectivity index (χ1v) is 17.0. The molecule has 11 N–H and O–H groups in total. The quantitative estimate of drug-likeness (QED) is 0.0568. The van der Waals surface area contributed by atoms with Crippen molar-refractivity contribution in [3.63, 3.8) is 0 Å². The second-order valence-electron chi connectivity index (χ2n) is 13.6. The number of rotatable bonds is 21. The number of amides is 8. The summed E-state index contributed by atoms with van der Waals surface area (Å²) in [4.78, 5) is 115. The van der Waals surface area contributed by atoms with Gasteiger partial charge in [-0.15, -0.1) is 0 Å². The van der Waals surface area contributed by atoms with E-state index in [1.54, 1.807) is 27.7 Å². The van der Waals surface area contributed by atoms with Crippen molar-refractivity contribution in [2.75, 3.05) is 26.2 Å². The molecule has 8 amide bonds. The monoisotopic (exact) mass is 725 g/mol. The molecule has 1 aliphatic rings. The molecule has 1 aliphatic heterocycles. The lowest BCUT2D eigenvalue weighted by molar-refractivity contribution is -0.143. The van der Waals surface area contributed by atoms with E-state index in [1.165, 1.54) is 4.90 Å². The summed E-state index contributed by atoms with van der Waals surface area (Å²) >= 11 is 0. The van der Waals surface area contributed by atoms with E-state index in [0.29, 0.717) is 6.42 Å². The highest BCUT2D eigenvalue weighted by Crippen LogP contribution is 2.20. The fourth-order valence-corrected chi connectivity index (χ4v) is 5.35. The summed E-state index contributed by atoms with van der Waals surface area (Å²) in [7, 11) is 0. The molecule has 0 bridgehead atoms. The lowest BCUT2D eigenvalue weighted by Crippen LogP contribution is -2.61. The molecule has 0 aromatic rings. The summed E-state index contributed by atoms with van der Waals surface area (Å²) < 4.78 is 0. The number of carboxylic acid groups (broad SMARTS) is 1. The Hall–Kier alpha value is -4.81. The van der Waals surface area contributed by atoms with E-state index in [9.17, 15) is 43.2 Å². The summed E-state index contributed by atoms with van der Waals surface area (Å²) in [5.74, 6) is -7.73. The Kier molecular flexibility index (Phi) is 18.6. The normalized spacial score (nSPS) is 16.4. The van der Waals surface area contributed by atoms with Crippen molar-refractivity contribution in [1.29, 1.82) is 0 Å². The lowest BCUT2D eigenvalue weighted by atomic mass is 9.98. The molecule has 0 spiro atoms. The molecule has 19 nitrogen and oxygen atoms in total. The number of aliphatic carboxylic acids is 1. The third kappa shape index (κ3) is 15.3. The van der Waals surface area contributed by atoms with Crippen LogP contribution < -0.4 is 43.4 Å². The minimum absolute atomic E-state index is 0.0946. The second kappa shape index (κ2) is 21.4. The van der Waals surface area contributed by atoms with Gasteiger partial charge in [0, 0.05) is 13.0 Å². The number of hydrogen-bond donors (Lipinski definition) is 9. The number of carbonyl (C=O) groups is 9. The number of primary amides is 1. The fraction of sp³-hybridized carbons (Fsp3) is 0.719. The van der Waals surface area contributed by atoms with Gasteiger partial charge in [0.15, 0.2) is 0 Å². The molecule has 19 heteroatoms. The van der Waals surface area contributed by atoms with Crippen LogP contribution in [-0.4, -0.2) is 120 Å². The zero-order valence-corrected chi connectivity index (χ0v) is 30.2. The molecule has 0 saturated carbocycles. The number of nitrogens with one attached hydrogen (secondary N) is 6. The van der Waals surface area contributed by atoms with Crippen molar-refractivity contribution in [2.45, 2.75) is 104 Å². The molecule has 1 heterocycles. The van der Waals surface area contributed by atoms with Crippen LogP contribution in [0.5, 0.6) is 0 Å². The van der Waals surface area contributed by atoms with E-state index in [2.05, 4.69) is 31.9 Å². The van der Waals surface area contributed by atoms with E-state index in [0.717, 1.165) is 0 Å². The van der Waals surface area contributed by atoms with Gasteiger partial charge in [-0.2, -0.15) is 0 Å². The first-order valence-electron chi connectivity index (χ1n) is 17.0. The molecular weight excluding hydrogens is 670 g/mol. The smallest absolute Gasteiger partial charge is 0.322 e. The fourth-order valence-electron chi connectivity index (χ4n) is 5.35. The Bertz CT molecular complexity index is 1290. The Morgan fingerprint density at radius 3 is 1.82 bits per heavy atom. The topological polar surface area (TPSA) is 301 Å². The van der Waals surface area contributed by atoms with Crippen LogP contribution in [0.1, 0.15) is 73.6 Å². The van der Waals surface area contributed by atoms with Crippen LogP contribution in [-0.2, 0) is 43.2 Å². The molecule has 1 fully saturated rings. The second-order valence-corrected chi connectivity index (χ2v) is 13.6. The summed E-state index contributed by atoms with van der Waals surface area (Å²) in [5, 5.41) is 24.0. The largest absolute Gasteiger partial charge is 0.480 e. The number of likely N-dealkylation sites (tertiary alicyclic amines) is 1. The Labute approximate surface area is 297 Å². The van der Waals surface area contributed by atoms with Crippen molar-refractivity contribution in [1.82, 2.24) is 36.8 Å². The first-order chi connectivity index (χ1) is 23.8. The summed E-state index contributed by atoms with van der Waals surface area (Å²) in [6, 6.07) is -5.73. The van der Waals surface area contributed by atoms with Gasteiger partial charge < -0.3 is 53.4 Å². The van der Waals surface area contributed by atoms with Crippen molar-refractivity contribution in [2.24, 2.45) is 29.2 Å². The SMILES string of the molecule is CC(C)C[C@@H](NC(=O)[C@H](NC(=O)CNC(=O)CN)C(C)C)C(=O)N[C@@H](C(=O)N[C@@H](CCC(N)=O)C(=O)N1CCC[C@@H]1C(=O)NCC(=O)O)C(C)C. The van der Waals surface area contributed by atoms with Crippen LogP contribution >= 0.6 is 0 Å². The minimum atomic E-state index is -1.31. The maximum Gasteiger partial charge on any atom is 0.322 e. The predicted molar refractivity (Wildman–Crippen MR) is 183 cm³/mol. The predicted octanol–water partition coefficient (Wildman–Crippen LogP) is -3.18.